The van der Waals surface area contributed by atoms with Gasteiger partial charge in [-0.15, -0.1) is 24.0 Å². The van der Waals surface area contributed by atoms with E-state index in [-0.39, 0.29) is 29.9 Å². The van der Waals surface area contributed by atoms with Crippen LogP contribution in [0.1, 0.15) is 22.8 Å². The molecule has 0 atom stereocenters. The van der Waals surface area contributed by atoms with Crippen LogP contribution in [-0.4, -0.2) is 25.5 Å². The molecule has 5 nitrogen and oxygen atoms in total. The highest BCUT2D eigenvalue weighted by molar-refractivity contribution is 14.0. The summed E-state index contributed by atoms with van der Waals surface area (Å²) in [6.45, 7) is 6.77. The molecule has 0 aromatic heterocycles. The van der Waals surface area contributed by atoms with Crippen LogP contribution in [0.25, 0.3) is 0 Å². The van der Waals surface area contributed by atoms with E-state index >= 15 is 0 Å². The predicted molar refractivity (Wildman–Crippen MR) is 93.4 cm³/mol. The molecule has 0 radical (unpaired) electrons. The van der Waals surface area contributed by atoms with Crippen molar-refractivity contribution in [2.24, 2.45) is 10.7 Å². The first kappa shape index (κ1) is 18.4. The maximum absolute atomic E-state index is 11.4. The minimum atomic E-state index is -0.0994. The molecule has 0 saturated carbocycles. The molecule has 1 amide bonds. The topological polar surface area (TPSA) is 79.5 Å². The highest BCUT2D eigenvalue weighted by Gasteiger charge is 2.01. The molecule has 1 aromatic rings. The van der Waals surface area contributed by atoms with Crippen LogP contribution in [0.3, 0.4) is 0 Å². The maximum Gasteiger partial charge on any atom is 0.251 e. The van der Waals surface area contributed by atoms with Gasteiger partial charge in [-0.25, -0.2) is 4.99 Å². The Labute approximate surface area is 136 Å². The number of nitrogens with zero attached hydrogens (tertiary/aromatic N) is 1. The lowest BCUT2D eigenvalue weighted by Crippen LogP contribution is -2.32. The van der Waals surface area contributed by atoms with E-state index in [1.807, 2.05) is 19.1 Å². The summed E-state index contributed by atoms with van der Waals surface area (Å²) in [5, 5.41) is 5.53. The molecule has 0 aliphatic heterocycles. The van der Waals surface area contributed by atoms with Gasteiger partial charge in [0.15, 0.2) is 5.96 Å². The molecule has 0 aliphatic carbocycles. The van der Waals surface area contributed by atoms with Crippen LogP contribution >= 0.6 is 24.0 Å². The lowest BCUT2D eigenvalue weighted by atomic mass is 10.1. The van der Waals surface area contributed by atoms with Gasteiger partial charge in [0.25, 0.3) is 5.91 Å². The average Bonchev–Trinajstić information content (AvgIpc) is 2.42. The molecule has 6 heteroatoms. The Morgan fingerprint density at radius 2 is 1.95 bits per heavy atom. The molecular formula is C14H21IN4O. The van der Waals surface area contributed by atoms with Crippen LogP contribution in [0.2, 0.25) is 0 Å². The van der Waals surface area contributed by atoms with Crippen molar-refractivity contribution < 1.29 is 4.79 Å². The first-order valence-electron chi connectivity index (χ1n) is 6.02. The molecule has 0 bridgehead atoms. The van der Waals surface area contributed by atoms with E-state index in [1.54, 1.807) is 19.2 Å². The molecule has 0 aliphatic rings. The summed E-state index contributed by atoms with van der Waals surface area (Å²) in [5.74, 6) is 0.288. The van der Waals surface area contributed by atoms with E-state index in [9.17, 15) is 4.79 Å². The van der Waals surface area contributed by atoms with E-state index in [1.165, 1.54) is 0 Å². The number of nitrogens with one attached hydrogen (secondary N) is 2. The van der Waals surface area contributed by atoms with Crippen molar-refractivity contribution in [1.29, 1.82) is 0 Å². The summed E-state index contributed by atoms with van der Waals surface area (Å²) in [6, 6.07) is 7.25. The third-order valence-corrected chi connectivity index (χ3v) is 2.45. The van der Waals surface area contributed by atoms with Crippen LogP contribution in [0.15, 0.2) is 41.4 Å². The number of benzene rings is 1. The van der Waals surface area contributed by atoms with Gasteiger partial charge in [-0.2, -0.15) is 0 Å². The number of hydrogen-bond acceptors (Lipinski definition) is 2. The number of guanidine groups is 1. The molecule has 0 spiro atoms. The highest BCUT2D eigenvalue weighted by atomic mass is 127. The van der Waals surface area contributed by atoms with Crippen LogP contribution in [0.4, 0.5) is 0 Å². The number of carbonyl (C=O) groups excluding carboxylic acids is 1. The Morgan fingerprint density at radius 3 is 2.45 bits per heavy atom. The van der Waals surface area contributed by atoms with E-state index in [0.29, 0.717) is 24.6 Å². The lowest BCUT2D eigenvalue weighted by molar-refractivity contribution is 0.0963. The van der Waals surface area contributed by atoms with Crippen molar-refractivity contribution in [2.45, 2.75) is 13.5 Å². The highest BCUT2D eigenvalue weighted by Crippen LogP contribution is 2.05. The molecule has 0 heterocycles. The smallest absolute Gasteiger partial charge is 0.251 e. The third-order valence-electron chi connectivity index (χ3n) is 2.45. The molecule has 1 aromatic carbocycles. The maximum atomic E-state index is 11.4. The molecule has 1 rings (SSSR count). The first-order valence-corrected chi connectivity index (χ1v) is 6.02. The van der Waals surface area contributed by atoms with Gasteiger partial charge < -0.3 is 16.4 Å². The molecule has 20 heavy (non-hydrogen) atoms. The van der Waals surface area contributed by atoms with Crippen LogP contribution < -0.4 is 16.4 Å². The second-order valence-corrected chi connectivity index (χ2v) is 4.29. The minimum absolute atomic E-state index is 0. The van der Waals surface area contributed by atoms with Crippen LogP contribution in [-0.2, 0) is 6.54 Å². The largest absolute Gasteiger partial charge is 0.370 e. The van der Waals surface area contributed by atoms with Gasteiger partial charge in [0.05, 0.1) is 6.54 Å². The summed E-state index contributed by atoms with van der Waals surface area (Å²) in [6.07, 6.45) is 0. The Morgan fingerprint density at radius 1 is 1.35 bits per heavy atom. The monoisotopic (exact) mass is 388 g/mol. The van der Waals surface area contributed by atoms with Crippen molar-refractivity contribution >= 4 is 35.8 Å². The van der Waals surface area contributed by atoms with Crippen molar-refractivity contribution in [1.82, 2.24) is 10.6 Å². The second-order valence-electron chi connectivity index (χ2n) is 4.29. The van der Waals surface area contributed by atoms with Gasteiger partial charge in [0.2, 0.25) is 0 Å². The Kier molecular flexibility index (Phi) is 8.62. The van der Waals surface area contributed by atoms with Gasteiger partial charge in [0.1, 0.15) is 0 Å². The van der Waals surface area contributed by atoms with Gasteiger partial charge in [0, 0.05) is 19.2 Å². The van der Waals surface area contributed by atoms with Crippen molar-refractivity contribution in [3.8, 4) is 0 Å². The van der Waals surface area contributed by atoms with Crippen LogP contribution in [0, 0.1) is 0 Å². The number of aliphatic imine (C=N–C) groups is 1. The van der Waals surface area contributed by atoms with Gasteiger partial charge in [-0.05, 0) is 24.6 Å². The first-order chi connectivity index (χ1) is 9.02. The number of amides is 1. The zero-order valence-electron chi connectivity index (χ0n) is 11.8. The van der Waals surface area contributed by atoms with E-state index in [4.69, 9.17) is 5.73 Å². The summed E-state index contributed by atoms with van der Waals surface area (Å²) < 4.78 is 0. The minimum Gasteiger partial charge on any atom is -0.370 e. The summed E-state index contributed by atoms with van der Waals surface area (Å²) in [7, 11) is 1.61. The third kappa shape index (κ3) is 6.55. The number of hydrogen-bond donors (Lipinski definition) is 3. The van der Waals surface area contributed by atoms with E-state index in [2.05, 4.69) is 22.2 Å². The van der Waals surface area contributed by atoms with Gasteiger partial charge in [-0.1, -0.05) is 24.3 Å². The fourth-order valence-corrected chi connectivity index (χ4v) is 1.38. The Balaban J connectivity index is 0.00000361. The molecule has 0 saturated heterocycles. The molecule has 0 unspecified atom stereocenters. The molecule has 4 N–H and O–H groups in total. The number of carbonyl (C=O) groups is 1. The SMILES string of the molecule is C=C(C)CNC(N)=NCc1ccc(C(=O)NC)cc1.I. The second kappa shape index (κ2) is 9.35. The quantitative estimate of drug-likeness (QED) is 0.311. The molecular weight excluding hydrogens is 367 g/mol. The molecule has 0 fully saturated rings. The Bertz CT molecular complexity index is 482. The number of rotatable bonds is 5. The van der Waals surface area contributed by atoms with E-state index < -0.39 is 0 Å². The van der Waals surface area contributed by atoms with Gasteiger partial charge in [-0.3, -0.25) is 4.79 Å². The molecule has 110 valence electrons. The Hall–Kier alpha value is -1.57. The number of halogens is 1. The summed E-state index contributed by atoms with van der Waals surface area (Å²) in [4.78, 5) is 15.6. The fourth-order valence-electron chi connectivity index (χ4n) is 1.38. The van der Waals surface area contributed by atoms with Crippen LogP contribution in [0.5, 0.6) is 0 Å². The standard InChI is InChI=1S/C14H20N4O.HI/c1-10(2)8-17-14(15)18-9-11-4-6-12(7-5-11)13(19)16-3;/h4-7H,1,8-9H2,2-3H3,(H,16,19)(H3,15,17,18);1H. The summed E-state index contributed by atoms with van der Waals surface area (Å²) >= 11 is 0. The average molecular weight is 388 g/mol. The zero-order valence-corrected chi connectivity index (χ0v) is 14.1. The normalized spacial score (nSPS) is 10.4. The lowest BCUT2D eigenvalue weighted by Gasteiger charge is -2.05. The fraction of sp³-hybridized carbons (Fsp3) is 0.286. The number of nitrogens with two attached hydrogens (primary N) is 1. The van der Waals surface area contributed by atoms with Gasteiger partial charge >= 0.3 is 0 Å². The van der Waals surface area contributed by atoms with Crippen molar-refractivity contribution in [2.75, 3.05) is 13.6 Å². The van der Waals surface area contributed by atoms with Crippen molar-refractivity contribution in [3.63, 3.8) is 0 Å². The van der Waals surface area contributed by atoms with Crippen molar-refractivity contribution in [3.05, 3.63) is 47.5 Å². The zero-order chi connectivity index (χ0) is 14.3. The predicted octanol–water partition coefficient (Wildman–Crippen LogP) is 1.64. The van der Waals surface area contributed by atoms with E-state index in [0.717, 1.165) is 11.1 Å². The summed E-state index contributed by atoms with van der Waals surface area (Å²) in [5.41, 5.74) is 8.32.